The topological polar surface area (TPSA) is 65.5 Å². The molecule has 2 N–H and O–H groups in total. The molecule has 1 fully saturated rings. The van der Waals surface area contributed by atoms with Crippen LogP contribution in [-0.2, 0) is 0 Å². The van der Waals surface area contributed by atoms with E-state index in [2.05, 4.69) is 24.1 Å². The van der Waals surface area contributed by atoms with Gasteiger partial charge in [0.25, 0.3) is 5.91 Å². The molecule has 5 nitrogen and oxygen atoms in total. The van der Waals surface area contributed by atoms with Gasteiger partial charge >= 0.3 is 0 Å². The summed E-state index contributed by atoms with van der Waals surface area (Å²) >= 11 is 0. The first-order valence-corrected chi connectivity index (χ1v) is 8.26. The molecule has 2 rings (SSSR count). The highest BCUT2D eigenvalue weighted by Gasteiger charge is 2.21. The minimum absolute atomic E-state index is 0.0772. The van der Waals surface area contributed by atoms with Gasteiger partial charge in [0.15, 0.2) is 0 Å². The highest BCUT2D eigenvalue weighted by molar-refractivity contribution is 5.94. The zero-order valence-electron chi connectivity index (χ0n) is 13.6. The Morgan fingerprint density at radius 1 is 1.45 bits per heavy atom. The van der Waals surface area contributed by atoms with Crippen LogP contribution in [0.5, 0.6) is 0 Å². The van der Waals surface area contributed by atoms with Gasteiger partial charge in [-0.25, -0.2) is 4.98 Å². The summed E-state index contributed by atoms with van der Waals surface area (Å²) in [6.45, 7) is 6.15. The Morgan fingerprint density at radius 3 is 2.73 bits per heavy atom. The Labute approximate surface area is 132 Å². The van der Waals surface area contributed by atoms with Crippen molar-refractivity contribution in [3.8, 4) is 0 Å². The van der Waals surface area contributed by atoms with E-state index in [1.807, 2.05) is 17.0 Å². The molecular weight excluding hydrogens is 278 g/mol. The van der Waals surface area contributed by atoms with E-state index in [-0.39, 0.29) is 18.6 Å². The van der Waals surface area contributed by atoms with Gasteiger partial charge in [0.1, 0.15) is 5.82 Å². The van der Waals surface area contributed by atoms with Crippen LogP contribution in [0.4, 0.5) is 5.82 Å². The molecule has 0 spiro atoms. The number of carbonyl (C=O) groups is 1. The summed E-state index contributed by atoms with van der Waals surface area (Å²) in [6.07, 6.45) is 5.43. The number of aliphatic hydroxyl groups excluding tert-OH is 1. The van der Waals surface area contributed by atoms with Crippen molar-refractivity contribution >= 4 is 11.7 Å². The van der Waals surface area contributed by atoms with E-state index in [1.165, 1.54) is 0 Å². The maximum atomic E-state index is 12.4. The van der Waals surface area contributed by atoms with Crippen LogP contribution in [0.25, 0.3) is 0 Å². The number of likely N-dealkylation sites (tertiary alicyclic amines) is 1. The fourth-order valence-corrected chi connectivity index (χ4v) is 2.74. The molecule has 1 amide bonds. The fourth-order valence-electron chi connectivity index (χ4n) is 2.74. The Bertz CT molecular complexity index is 467. The van der Waals surface area contributed by atoms with Gasteiger partial charge in [-0.05, 0) is 43.7 Å². The fraction of sp³-hybridized carbons (Fsp3) is 0.647. The quantitative estimate of drug-likeness (QED) is 0.847. The number of rotatable bonds is 6. The maximum Gasteiger partial charge on any atom is 0.255 e. The summed E-state index contributed by atoms with van der Waals surface area (Å²) in [5.74, 6) is 1.55. The predicted molar refractivity (Wildman–Crippen MR) is 87.9 cm³/mol. The first-order chi connectivity index (χ1) is 10.6. The van der Waals surface area contributed by atoms with E-state index in [0.29, 0.717) is 17.9 Å². The second kappa shape index (κ2) is 8.13. The van der Waals surface area contributed by atoms with Gasteiger partial charge in [-0.2, -0.15) is 0 Å². The van der Waals surface area contributed by atoms with Crippen LogP contribution < -0.4 is 5.32 Å². The lowest BCUT2D eigenvalue weighted by molar-refractivity contribution is 0.0697. The van der Waals surface area contributed by atoms with Gasteiger partial charge in [0.05, 0.1) is 5.56 Å². The van der Waals surface area contributed by atoms with Crippen molar-refractivity contribution in [2.75, 3.05) is 25.0 Å². The SMILES string of the molecule is CCC(CCO)Nc1ccc(C(=O)N2CCC(C)CC2)cn1. The number of nitrogens with one attached hydrogen (secondary N) is 1. The highest BCUT2D eigenvalue weighted by Crippen LogP contribution is 2.18. The van der Waals surface area contributed by atoms with Crippen molar-refractivity contribution in [1.29, 1.82) is 0 Å². The smallest absolute Gasteiger partial charge is 0.255 e. The van der Waals surface area contributed by atoms with Crippen LogP contribution in [0.15, 0.2) is 18.3 Å². The van der Waals surface area contributed by atoms with E-state index in [4.69, 9.17) is 5.11 Å². The minimum Gasteiger partial charge on any atom is -0.396 e. The zero-order chi connectivity index (χ0) is 15.9. The number of piperidine rings is 1. The molecule has 0 bridgehead atoms. The van der Waals surface area contributed by atoms with Crippen molar-refractivity contribution in [2.24, 2.45) is 5.92 Å². The predicted octanol–water partition coefficient (Wildman–Crippen LogP) is 2.53. The second-order valence-corrected chi connectivity index (χ2v) is 6.17. The first kappa shape index (κ1) is 16.7. The van der Waals surface area contributed by atoms with Crippen molar-refractivity contribution in [2.45, 2.75) is 45.6 Å². The summed E-state index contributed by atoms with van der Waals surface area (Å²) in [4.78, 5) is 18.7. The summed E-state index contributed by atoms with van der Waals surface area (Å²) in [5.41, 5.74) is 0.648. The van der Waals surface area contributed by atoms with Crippen LogP contribution in [0.3, 0.4) is 0 Å². The molecule has 1 aliphatic heterocycles. The number of anilines is 1. The van der Waals surface area contributed by atoms with Crippen LogP contribution >= 0.6 is 0 Å². The van der Waals surface area contributed by atoms with Crippen LogP contribution in [0.2, 0.25) is 0 Å². The molecule has 0 aliphatic carbocycles. The number of hydrogen-bond donors (Lipinski definition) is 2. The van der Waals surface area contributed by atoms with Crippen LogP contribution in [0.1, 0.15) is 49.9 Å². The summed E-state index contributed by atoms with van der Waals surface area (Å²) in [7, 11) is 0. The highest BCUT2D eigenvalue weighted by atomic mass is 16.3. The molecule has 1 atom stereocenters. The van der Waals surface area contributed by atoms with Crippen molar-refractivity contribution in [1.82, 2.24) is 9.88 Å². The van der Waals surface area contributed by atoms with E-state index < -0.39 is 0 Å². The average Bonchev–Trinajstić information content (AvgIpc) is 2.55. The molecule has 1 aromatic rings. The lowest BCUT2D eigenvalue weighted by Gasteiger charge is -2.30. The number of aliphatic hydroxyl groups is 1. The van der Waals surface area contributed by atoms with Gasteiger partial charge < -0.3 is 15.3 Å². The van der Waals surface area contributed by atoms with E-state index in [9.17, 15) is 4.79 Å². The monoisotopic (exact) mass is 305 g/mol. The molecule has 122 valence electrons. The number of nitrogens with zero attached hydrogens (tertiary/aromatic N) is 2. The Kier molecular flexibility index (Phi) is 6.19. The largest absolute Gasteiger partial charge is 0.396 e. The molecule has 1 aliphatic rings. The normalized spacial score (nSPS) is 17.3. The molecule has 1 aromatic heterocycles. The van der Waals surface area contributed by atoms with Crippen molar-refractivity contribution in [3.63, 3.8) is 0 Å². The molecule has 2 heterocycles. The van der Waals surface area contributed by atoms with Crippen LogP contribution in [-0.4, -0.2) is 46.6 Å². The molecule has 0 saturated carbocycles. The average molecular weight is 305 g/mol. The zero-order valence-corrected chi connectivity index (χ0v) is 13.6. The molecule has 5 heteroatoms. The number of amides is 1. The van der Waals surface area contributed by atoms with E-state index in [0.717, 1.165) is 38.2 Å². The van der Waals surface area contributed by atoms with Gasteiger partial charge in [0, 0.05) is 31.9 Å². The molecule has 0 aromatic carbocycles. The van der Waals surface area contributed by atoms with Gasteiger partial charge in [-0.3, -0.25) is 4.79 Å². The van der Waals surface area contributed by atoms with Crippen LogP contribution in [0, 0.1) is 5.92 Å². The number of hydrogen-bond acceptors (Lipinski definition) is 4. The standard InChI is InChI=1S/C17H27N3O2/c1-3-15(8-11-21)19-16-5-4-14(12-18-16)17(22)20-9-6-13(2)7-10-20/h4-5,12-13,15,21H,3,6-11H2,1-2H3,(H,18,19). The van der Waals surface area contributed by atoms with Gasteiger partial charge in [0.2, 0.25) is 0 Å². The second-order valence-electron chi connectivity index (χ2n) is 6.17. The summed E-state index contributed by atoms with van der Waals surface area (Å²) in [6, 6.07) is 3.89. The number of carbonyl (C=O) groups excluding carboxylic acids is 1. The first-order valence-electron chi connectivity index (χ1n) is 8.26. The van der Waals surface area contributed by atoms with Gasteiger partial charge in [-0.1, -0.05) is 13.8 Å². The lowest BCUT2D eigenvalue weighted by Crippen LogP contribution is -2.37. The van der Waals surface area contributed by atoms with E-state index >= 15 is 0 Å². The number of aromatic nitrogens is 1. The number of pyridine rings is 1. The molecule has 22 heavy (non-hydrogen) atoms. The third-order valence-electron chi connectivity index (χ3n) is 4.40. The summed E-state index contributed by atoms with van der Waals surface area (Å²) in [5, 5.41) is 12.3. The molecule has 1 unspecified atom stereocenters. The third kappa shape index (κ3) is 4.44. The molecule has 1 saturated heterocycles. The third-order valence-corrected chi connectivity index (χ3v) is 4.40. The minimum atomic E-state index is 0.0772. The Morgan fingerprint density at radius 2 is 2.18 bits per heavy atom. The Hall–Kier alpha value is -1.62. The Balaban J connectivity index is 1.94. The lowest BCUT2D eigenvalue weighted by atomic mass is 9.99. The van der Waals surface area contributed by atoms with E-state index in [1.54, 1.807) is 6.20 Å². The maximum absolute atomic E-state index is 12.4. The molecule has 0 radical (unpaired) electrons. The van der Waals surface area contributed by atoms with Crippen molar-refractivity contribution in [3.05, 3.63) is 23.9 Å². The van der Waals surface area contributed by atoms with Crippen molar-refractivity contribution < 1.29 is 9.90 Å². The summed E-state index contributed by atoms with van der Waals surface area (Å²) < 4.78 is 0. The van der Waals surface area contributed by atoms with Gasteiger partial charge in [-0.15, -0.1) is 0 Å². The molecular formula is C17H27N3O2.